The van der Waals surface area contributed by atoms with Crippen molar-refractivity contribution >= 4 is 15.9 Å². The minimum absolute atomic E-state index is 0.0906. The molecule has 1 aromatic heterocycles. The van der Waals surface area contributed by atoms with E-state index in [2.05, 4.69) is 20.9 Å². The number of aromatic nitrogens is 1. The Morgan fingerprint density at radius 1 is 1.25 bits per heavy atom. The SMILES string of the molecule is O=c1[nH]cc(Br)c2c1CCCC2. The topological polar surface area (TPSA) is 32.9 Å². The van der Waals surface area contributed by atoms with Crippen molar-refractivity contribution in [1.29, 1.82) is 0 Å². The summed E-state index contributed by atoms with van der Waals surface area (Å²) in [4.78, 5) is 14.1. The number of halogens is 1. The molecular weight excluding hydrogens is 218 g/mol. The Morgan fingerprint density at radius 3 is 2.58 bits per heavy atom. The number of pyridine rings is 1. The smallest absolute Gasteiger partial charge is 0.251 e. The van der Waals surface area contributed by atoms with Gasteiger partial charge in [0.1, 0.15) is 0 Å². The minimum atomic E-state index is 0.0906. The Bertz CT molecular complexity index is 356. The summed E-state index contributed by atoms with van der Waals surface area (Å²) < 4.78 is 1.05. The zero-order valence-corrected chi connectivity index (χ0v) is 8.28. The zero-order valence-electron chi connectivity index (χ0n) is 6.69. The van der Waals surface area contributed by atoms with Gasteiger partial charge in [0.15, 0.2) is 0 Å². The van der Waals surface area contributed by atoms with Gasteiger partial charge in [-0.3, -0.25) is 4.79 Å². The van der Waals surface area contributed by atoms with Gasteiger partial charge in [-0.05, 0) is 47.2 Å². The number of hydrogen-bond acceptors (Lipinski definition) is 1. The van der Waals surface area contributed by atoms with Crippen molar-refractivity contribution in [2.24, 2.45) is 0 Å². The Kier molecular flexibility index (Phi) is 2.05. The third-order valence-electron chi connectivity index (χ3n) is 2.36. The summed E-state index contributed by atoms with van der Waals surface area (Å²) in [6.07, 6.45) is 6.07. The number of rotatable bonds is 0. The number of aromatic amines is 1. The number of nitrogens with one attached hydrogen (secondary N) is 1. The Balaban J connectivity index is 2.64. The summed E-state index contributed by atoms with van der Waals surface area (Å²) in [7, 11) is 0. The maximum Gasteiger partial charge on any atom is 0.251 e. The fourth-order valence-corrected chi connectivity index (χ4v) is 2.27. The van der Waals surface area contributed by atoms with Gasteiger partial charge in [-0.2, -0.15) is 0 Å². The molecule has 0 aliphatic heterocycles. The summed E-state index contributed by atoms with van der Waals surface area (Å²) >= 11 is 3.45. The Labute approximate surface area is 79.1 Å². The average Bonchev–Trinajstić information content (AvgIpc) is 2.12. The summed E-state index contributed by atoms with van der Waals surface area (Å²) in [5, 5.41) is 0. The molecule has 0 saturated carbocycles. The first-order valence-corrected chi connectivity index (χ1v) is 4.97. The largest absolute Gasteiger partial charge is 0.328 e. The van der Waals surface area contributed by atoms with Gasteiger partial charge in [0.25, 0.3) is 5.56 Å². The van der Waals surface area contributed by atoms with Crippen LogP contribution in [-0.2, 0) is 12.8 Å². The summed E-state index contributed by atoms with van der Waals surface area (Å²) in [5.41, 5.74) is 2.29. The van der Waals surface area contributed by atoms with Crippen LogP contribution >= 0.6 is 15.9 Å². The molecule has 0 atom stereocenters. The van der Waals surface area contributed by atoms with Gasteiger partial charge in [-0.1, -0.05) is 0 Å². The molecule has 1 heterocycles. The van der Waals surface area contributed by atoms with Crippen LogP contribution in [0.5, 0.6) is 0 Å². The van der Waals surface area contributed by atoms with Crippen molar-refractivity contribution in [2.75, 3.05) is 0 Å². The first kappa shape index (κ1) is 8.05. The molecule has 2 nitrogen and oxygen atoms in total. The molecule has 64 valence electrons. The summed E-state index contributed by atoms with van der Waals surface area (Å²) in [5.74, 6) is 0. The van der Waals surface area contributed by atoms with E-state index < -0.39 is 0 Å². The molecule has 0 radical (unpaired) electrons. The second-order valence-corrected chi connectivity index (χ2v) is 3.98. The van der Waals surface area contributed by atoms with Crippen LogP contribution < -0.4 is 5.56 Å². The highest BCUT2D eigenvalue weighted by Crippen LogP contribution is 2.24. The van der Waals surface area contributed by atoms with E-state index in [-0.39, 0.29) is 5.56 Å². The quantitative estimate of drug-likeness (QED) is 0.723. The molecule has 1 N–H and O–H groups in total. The molecule has 1 aliphatic carbocycles. The van der Waals surface area contributed by atoms with Crippen LogP contribution in [0.3, 0.4) is 0 Å². The molecule has 0 amide bonds. The number of fused-ring (bicyclic) bond motifs is 1. The van der Waals surface area contributed by atoms with E-state index in [0.29, 0.717) is 0 Å². The lowest BCUT2D eigenvalue weighted by atomic mass is 9.93. The second-order valence-electron chi connectivity index (χ2n) is 3.13. The number of H-pyrrole nitrogens is 1. The van der Waals surface area contributed by atoms with E-state index in [4.69, 9.17) is 0 Å². The first-order chi connectivity index (χ1) is 5.79. The van der Waals surface area contributed by atoms with Gasteiger partial charge in [0.2, 0.25) is 0 Å². The van der Waals surface area contributed by atoms with E-state index in [0.717, 1.165) is 29.3 Å². The third-order valence-corrected chi connectivity index (χ3v) is 3.07. The van der Waals surface area contributed by atoms with Crippen LogP contribution in [0.4, 0.5) is 0 Å². The lowest BCUT2D eigenvalue weighted by molar-refractivity contribution is 0.674. The maximum absolute atomic E-state index is 11.3. The van der Waals surface area contributed by atoms with E-state index in [9.17, 15) is 4.79 Å². The molecule has 12 heavy (non-hydrogen) atoms. The summed E-state index contributed by atoms with van der Waals surface area (Å²) in [6.45, 7) is 0. The van der Waals surface area contributed by atoms with Crippen LogP contribution in [0.1, 0.15) is 24.0 Å². The highest BCUT2D eigenvalue weighted by Gasteiger charge is 2.14. The monoisotopic (exact) mass is 227 g/mol. The highest BCUT2D eigenvalue weighted by atomic mass is 79.9. The normalized spacial score (nSPS) is 15.8. The fourth-order valence-electron chi connectivity index (χ4n) is 1.72. The van der Waals surface area contributed by atoms with E-state index >= 15 is 0 Å². The molecule has 0 fully saturated rings. The molecule has 0 spiro atoms. The van der Waals surface area contributed by atoms with Crippen molar-refractivity contribution in [1.82, 2.24) is 4.98 Å². The van der Waals surface area contributed by atoms with Crippen molar-refractivity contribution in [3.8, 4) is 0 Å². The van der Waals surface area contributed by atoms with Crippen molar-refractivity contribution in [3.63, 3.8) is 0 Å². The van der Waals surface area contributed by atoms with Crippen LogP contribution in [0.15, 0.2) is 15.5 Å². The van der Waals surface area contributed by atoms with Crippen molar-refractivity contribution < 1.29 is 0 Å². The molecule has 1 aliphatic rings. The lowest BCUT2D eigenvalue weighted by Crippen LogP contribution is -2.18. The van der Waals surface area contributed by atoms with Crippen LogP contribution in [0.2, 0.25) is 0 Å². The highest BCUT2D eigenvalue weighted by molar-refractivity contribution is 9.10. The van der Waals surface area contributed by atoms with E-state index in [1.807, 2.05) is 0 Å². The molecule has 0 bridgehead atoms. The van der Waals surface area contributed by atoms with Gasteiger partial charge < -0.3 is 4.98 Å². The Hall–Kier alpha value is -0.570. The third kappa shape index (κ3) is 1.22. The van der Waals surface area contributed by atoms with Gasteiger partial charge >= 0.3 is 0 Å². The number of hydrogen-bond donors (Lipinski definition) is 1. The van der Waals surface area contributed by atoms with Gasteiger partial charge in [-0.15, -0.1) is 0 Å². The van der Waals surface area contributed by atoms with E-state index in [1.54, 1.807) is 6.20 Å². The standard InChI is InChI=1S/C9H10BrNO/c10-8-5-11-9(12)7-4-2-1-3-6(7)8/h5H,1-4H2,(H,11,12). The van der Waals surface area contributed by atoms with Crippen LogP contribution in [0.25, 0.3) is 0 Å². The first-order valence-electron chi connectivity index (χ1n) is 4.18. The minimum Gasteiger partial charge on any atom is -0.328 e. The molecule has 2 rings (SSSR count). The van der Waals surface area contributed by atoms with Crippen LogP contribution in [0, 0.1) is 0 Å². The van der Waals surface area contributed by atoms with Gasteiger partial charge in [0.05, 0.1) is 0 Å². The molecule has 0 saturated heterocycles. The fraction of sp³-hybridized carbons (Fsp3) is 0.444. The summed E-state index contributed by atoms with van der Waals surface area (Å²) in [6, 6.07) is 0. The molecule has 0 aromatic carbocycles. The maximum atomic E-state index is 11.3. The van der Waals surface area contributed by atoms with Crippen molar-refractivity contribution in [2.45, 2.75) is 25.7 Å². The molecule has 3 heteroatoms. The Morgan fingerprint density at radius 2 is 1.92 bits per heavy atom. The van der Waals surface area contributed by atoms with E-state index in [1.165, 1.54) is 12.0 Å². The lowest BCUT2D eigenvalue weighted by Gasteiger charge is -2.15. The average molecular weight is 228 g/mol. The zero-order chi connectivity index (χ0) is 8.55. The predicted molar refractivity (Wildman–Crippen MR) is 51.4 cm³/mol. The van der Waals surface area contributed by atoms with Gasteiger partial charge in [-0.25, -0.2) is 0 Å². The second kappa shape index (κ2) is 3.05. The van der Waals surface area contributed by atoms with Gasteiger partial charge in [0, 0.05) is 16.2 Å². The van der Waals surface area contributed by atoms with Crippen molar-refractivity contribution in [3.05, 3.63) is 32.2 Å². The molecule has 1 aromatic rings. The predicted octanol–water partition coefficient (Wildman–Crippen LogP) is 2.02. The van der Waals surface area contributed by atoms with Crippen LogP contribution in [-0.4, -0.2) is 4.98 Å². The molecule has 0 unspecified atom stereocenters. The molecular formula is C9H10BrNO.